The summed E-state index contributed by atoms with van der Waals surface area (Å²) in [4.78, 5) is 10.9. The number of hydrogen-bond acceptors (Lipinski definition) is 5. The number of carbonyl (C=O) groups is 1. The van der Waals surface area contributed by atoms with E-state index >= 15 is 0 Å². The predicted molar refractivity (Wildman–Crippen MR) is 54.9 cm³/mol. The highest BCUT2D eigenvalue weighted by Crippen LogP contribution is 2.16. The zero-order valence-corrected chi connectivity index (χ0v) is 10.0. The van der Waals surface area contributed by atoms with Gasteiger partial charge in [-0.15, -0.1) is 0 Å². The van der Waals surface area contributed by atoms with Gasteiger partial charge in [-0.1, -0.05) is 0 Å². The van der Waals surface area contributed by atoms with E-state index in [0.29, 0.717) is 18.9 Å². The van der Waals surface area contributed by atoms with Crippen LogP contribution < -0.4 is 5.73 Å². The SMILES string of the molecule is CO[Si](CCCC(=O)CN)(OC)OC. The maximum absolute atomic E-state index is 10.9. The first-order valence-corrected chi connectivity index (χ1v) is 6.44. The van der Waals surface area contributed by atoms with Gasteiger partial charge in [0.25, 0.3) is 0 Å². The molecule has 0 fully saturated rings. The molecule has 0 aromatic carbocycles. The summed E-state index contributed by atoms with van der Waals surface area (Å²) in [6, 6.07) is 0.641. The molecule has 0 aromatic heterocycles. The average Bonchev–Trinajstić information content (AvgIpc) is 2.25. The zero-order valence-electron chi connectivity index (χ0n) is 9.04. The van der Waals surface area contributed by atoms with Crippen molar-refractivity contribution < 1.29 is 18.1 Å². The summed E-state index contributed by atoms with van der Waals surface area (Å²) in [5.41, 5.74) is 5.19. The third kappa shape index (κ3) is 4.29. The van der Waals surface area contributed by atoms with Gasteiger partial charge in [0.1, 0.15) is 5.78 Å². The van der Waals surface area contributed by atoms with Gasteiger partial charge in [0.2, 0.25) is 0 Å². The van der Waals surface area contributed by atoms with Crippen LogP contribution in [0.1, 0.15) is 12.8 Å². The lowest BCUT2D eigenvalue weighted by atomic mass is 10.2. The summed E-state index contributed by atoms with van der Waals surface area (Å²) in [5, 5.41) is 0. The normalized spacial score (nSPS) is 11.7. The second-order valence-corrected chi connectivity index (χ2v) is 5.98. The Labute approximate surface area is 85.9 Å². The lowest BCUT2D eigenvalue weighted by Crippen LogP contribution is -2.42. The van der Waals surface area contributed by atoms with Crippen molar-refractivity contribution in [1.82, 2.24) is 0 Å². The van der Waals surface area contributed by atoms with Crippen molar-refractivity contribution in [1.29, 1.82) is 0 Å². The monoisotopic (exact) mass is 221 g/mol. The van der Waals surface area contributed by atoms with Crippen molar-refractivity contribution in [2.24, 2.45) is 5.73 Å². The Morgan fingerprint density at radius 3 is 2.07 bits per heavy atom. The fourth-order valence-corrected chi connectivity index (χ4v) is 2.88. The van der Waals surface area contributed by atoms with Gasteiger partial charge in [-0.05, 0) is 6.42 Å². The molecule has 0 amide bonds. The first kappa shape index (κ1) is 13.7. The molecule has 0 unspecified atom stereocenters. The van der Waals surface area contributed by atoms with Gasteiger partial charge in [-0.25, -0.2) is 0 Å². The molecule has 0 atom stereocenters. The molecule has 2 N–H and O–H groups in total. The van der Waals surface area contributed by atoms with Gasteiger partial charge in [0.15, 0.2) is 0 Å². The van der Waals surface area contributed by atoms with Crippen molar-refractivity contribution >= 4 is 14.6 Å². The van der Waals surface area contributed by atoms with Crippen LogP contribution in [0.3, 0.4) is 0 Å². The zero-order chi connectivity index (χ0) is 11.0. The van der Waals surface area contributed by atoms with E-state index in [1.54, 1.807) is 21.3 Å². The van der Waals surface area contributed by atoms with Gasteiger partial charge in [-0.3, -0.25) is 4.79 Å². The maximum atomic E-state index is 10.9. The third-order valence-electron chi connectivity index (χ3n) is 2.10. The van der Waals surface area contributed by atoms with Gasteiger partial charge in [-0.2, -0.15) is 0 Å². The number of rotatable bonds is 8. The van der Waals surface area contributed by atoms with Crippen LogP contribution >= 0.6 is 0 Å². The van der Waals surface area contributed by atoms with E-state index in [-0.39, 0.29) is 12.3 Å². The van der Waals surface area contributed by atoms with Crippen LogP contribution in [0.5, 0.6) is 0 Å². The molecule has 0 bridgehead atoms. The highest BCUT2D eigenvalue weighted by Gasteiger charge is 2.36. The molecule has 0 saturated heterocycles. The summed E-state index contributed by atoms with van der Waals surface area (Å²) >= 11 is 0. The van der Waals surface area contributed by atoms with Crippen molar-refractivity contribution in [2.45, 2.75) is 18.9 Å². The van der Waals surface area contributed by atoms with Gasteiger partial charge in [0.05, 0.1) is 6.54 Å². The van der Waals surface area contributed by atoms with Crippen LogP contribution in [-0.4, -0.2) is 42.5 Å². The summed E-state index contributed by atoms with van der Waals surface area (Å²) in [5.74, 6) is 0.0520. The Kier molecular flexibility index (Phi) is 6.94. The van der Waals surface area contributed by atoms with E-state index in [4.69, 9.17) is 19.0 Å². The Morgan fingerprint density at radius 1 is 1.21 bits per heavy atom. The molecule has 6 heteroatoms. The van der Waals surface area contributed by atoms with Crippen molar-refractivity contribution in [3.63, 3.8) is 0 Å². The fraction of sp³-hybridized carbons (Fsp3) is 0.875. The summed E-state index contributed by atoms with van der Waals surface area (Å²) in [6.07, 6.45) is 1.15. The number of Topliss-reactive ketones (excluding diaryl/α,β-unsaturated/α-hetero) is 1. The molecule has 5 nitrogen and oxygen atoms in total. The Balaban J connectivity index is 3.88. The summed E-state index contributed by atoms with van der Waals surface area (Å²) < 4.78 is 15.6. The molecule has 0 aliphatic rings. The predicted octanol–water partition coefficient (Wildman–Crippen LogP) is 0.173. The topological polar surface area (TPSA) is 70.8 Å². The minimum absolute atomic E-state index is 0.0520. The summed E-state index contributed by atoms with van der Waals surface area (Å²) in [7, 11) is 2.19. The Hall–Kier alpha value is -0.273. The molecule has 0 heterocycles. The van der Waals surface area contributed by atoms with Gasteiger partial charge < -0.3 is 19.0 Å². The molecule has 0 radical (unpaired) electrons. The standard InChI is InChI=1S/C8H19NO4Si/c1-11-14(12-2,13-3)6-4-5-8(10)7-9/h4-7,9H2,1-3H3. The van der Waals surface area contributed by atoms with Gasteiger partial charge in [0, 0.05) is 33.8 Å². The first-order chi connectivity index (χ1) is 6.64. The van der Waals surface area contributed by atoms with Crippen molar-refractivity contribution in [3.05, 3.63) is 0 Å². The second kappa shape index (κ2) is 7.08. The largest absolute Gasteiger partial charge is 0.500 e. The molecular formula is C8H19NO4Si. The van der Waals surface area contributed by atoms with E-state index in [1.165, 1.54) is 0 Å². The highest BCUT2D eigenvalue weighted by atomic mass is 28.4. The summed E-state index contributed by atoms with van der Waals surface area (Å²) in [6.45, 7) is 0.0987. The maximum Gasteiger partial charge on any atom is 0.500 e. The number of ketones is 1. The number of hydrogen-bond donors (Lipinski definition) is 1. The van der Waals surface area contributed by atoms with Gasteiger partial charge >= 0.3 is 8.80 Å². The molecule has 0 aromatic rings. The van der Waals surface area contributed by atoms with E-state index in [1.807, 2.05) is 0 Å². The molecule has 0 aliphatic heterocycles. The Morgan fingerprint density at radius 2 is 1.71 bits per heavy atom. The quantitative estimate of drug-likeness (QED) is 0.592. The third-order valence-corrected chi connectivity index (χ3v) is 4.93. The molecule has 0 spiro atoms. The fourth-order valence-electron chi connectivity index (χ4n) is 1.16. The lowest BCUT2D eigenvalue weighted by Gasteiger charge is -2.23. The van der Waals surface area contributed by atoms with E-state index in [0.717, 1.165) is 0 Å². The van der Waals surface area contributed by atoms with E-state index < -0.39 is 8.80 Å². The van der Waals surface area contributed by atoms with Crippen LogP contribution in [0.15, 0.2) is 0 Å². The van der Waals surface area contributed by atoms with Crippen LogP contribution in [0.2, 0.25) is 6.04 Å². The smallest absolute Gasteiger partial charge is 0.377 e. The molecule has 0 aliphatic carbocycles. The number of nitrogens with two attached hydrogens (primary N) is 1. The minimum Gasteiger partial charge on any atom is -0.377 e. The van der Waals surface area contributed by atoms with E-state index in [9.17, 15) is 4.79 Å². The molecule has 0 rings (SSSR count). The van der Waals surface area contributed by atoms with Crippen LogP contribution in [0.25, 0.3) is 0 Å². The van der Waals surface area contributed by atoms with E-state index in [2.05, 4.69) is 0 Å². The molecule has 14 heavy (non-hydrogen) atoms. The minimum atomic E-state index is -2.49. The second-order valence-electron chi connectivity index (χ2n) is 2.89. The average molecular weight is 221 g/mol. The van der Waals surface area contributed by atoms with Crippen molar-refractivity contribution in [3.8, 4) is 0 Å². The van der Waals surface area contributed by atoms with Crippen molar-refractivity contribution in [2.75, 3.05) is 27.9 Å². The van der Waals surface area contributed by atoms with Crippen LogP contribution in [-0.2, 0) is 18.1 Å². The molecular weight excluding hydrogens is 202 g/mol. The first-order valence-electron chi connectivity index (χ1n) is 4.51. The number of carbonyl (C=O) groups excluding carboxylic acids is 1. The lowest BCUT2D eigenvalue weighted by molar-refractivity contribution is -0.117. The Bertz CT molecular complexity index is 164. The molecule has 0 saturated carbocycles. The molecule has 84 valence electrons. The highest BCUT2D eigenvalue weighted by molar-refractivity contribution is 6.60. The van der Waals surface area contributed by atoms with Crippen LogP contribution in [0.4, 0.5) is 0 Å². The van der Waals surface area contributed by atoms with Crippen LogP contribution in [0, 0.1) is 0 Å².